The highest BCUT2D eigenvalue weighted by atomic mass is 32.2. The van der Waals surface area contributed by atoms with Crippen molar-refractivity contribution < 1.29 is 18.3 Å². The molecule has 16 heavy (non-hydrogen) atoms. The highest BCUT2D eigenvalue weighted by molar-refractivity contribution is 7.93. The minimum absolute atomic E-state index is 0.0664. The summed E-state index contributed by atoms with van der Waals surface area (Å²) in [5.41, 5.74) is 1.41. The van der Waals surface area contributed by atoms with Crippen LogP contribution in [0.1, 0.15) is 5.56 Å². The first-order valence-corrected chi connectivity index (χ1v) is 6.29. The Hall–Kier alpha value is -1.56. The van der Waals surface area contributed by atoms with Gasteiger partial charge in [0.25, 0.3) is 0 Å². The van der Waals surface area contributed by atoms with Crippen molar-refractivity contribution in [1.29, 1.82) is 0 Å². The summed E-state index contributed by atoms with van der Waals surface area (Å²) in [4.78, 5) is 10.9. The van der Waals surface area contributed by atoms with Crippen LogP contribution in [0.5, 0.6) is 0 Å². The Labute approximate surface area is 93.0 Å². The van der Waals surface area contributed by atoms with E-state index in [-0.39, 0.29) is 11.4 Å². The topological polar surface area (TPSA) is 83.5 Å². The standard InChI is InChI=1S/C10H11NO4S/c1-6-2-3-8-7(4-6)11-5-9(10(12)13)16(8,14)15/h2-4,9,11H,5H2,1H3,(H,12,13). The Kier molecular flexibility index (Phi) is 2.38. The van der Waals surface area contributed by atoms with Gasteiger partial charge in [-0.1, -0.05) is 6.07 Å². The second kappa shape index (κ2) is 3.48. The van der Waals surface area contributed by atoms with Crippen LogP contribution in [0.15, 0.2) is 23.1 Å². The number of rotatable bonds is 1. The Morgan fingerprint density at radius 2 is 2.19 bits per heavy atom. The maximum Gasteiger partial charge on any atom is 0.324 e. The van der Waals surface area contributed by atoms with Gasteiger partial charge in [-0.25, -0.2) is 8.42 Å². The number of carboxylic acid groups (broad SMARTS) is 1. The van der Waals surface area contributed by atoms with Gasteiger partial charge in [0.1, 0.15) is 0 Å². The van der Waals surface area contributed by atoms with Gasteiger partial charge in [-0.3, -0.25) is 4.79 Å². The van der Waals surface area contributed by atoms with Crippen molar-refractivity contribution in [3.05, 3.63) is 23.8 Å². The van der Waals surface area contributed by atoms with E-state index in [1.807, 2.05) is 6.92 Å². The predicted molar refractivity (Wildman–Crippen MR) is 58.3 cm³/mol. The van der Waals surface area contributed by atoms with Crippen molar-refractivity contribution in [2.75, 3.05) is 11.9 Å². The van der Waals surface area contributed by atoms with Gasteiger partial charge < -0.3 is 10.4 Å². The van der Waals surface area contributed by atoms with Crippen LogP contribution < -0.4 is 5.32 Å². The van der Waals surface area contributed by atoms with E-state index in [4.69, 9.17) is 5.11 Å². The number of sulfone groups is 1. The minimum atomic E-state index is -3.76. The van der Waals surface area contributed by atoms with Gasteiger partial charge in [0.2, 0.25) is 0 Å². The molecule has 0 aromatic heterocycles. The molecule has 5 nitrogen and oxygen atoms in total. The van der Waals surface area contributed by atoms with Gasteiger partial charge in [0, 0.05) is 6.54 Å². The molecule has 0 saturated carbocycles. The van der Waals surface area contributed by atoms with E-state index in [9.17, 15) is 13.2 Å². The van der Waals surface area contributed by atoms with Crippen molar-refractivity contribution in [2.24, 2.45) is 0 Å². The summed E-state index contributed by atoms with van der Waals surface area (Å²) < 4.78 is 23.9. The SMILES string of the molecule is Cc1ccc2c(c1)NCC(C(=O)O)S2(=O)=O. The molecule has 1 aliphatic heterocycles. The van der Waals surface area contributed by atoms with Crippen LogP contribution in [0.3, 0.4) is 0 Å². The second-order valence-corrected chi connectivity index (χ2v) is 5.85. The summed E-state index contributed by atoms with van der Waals surface area (Å²) in [7, 11) is -3.76. The first-order valence-electron chi connectivity index (χ1n) is 4.74. The Bertz CT molecular complexity index is 550. The van der Waals surface area contributed by atoms with Crippen LogP contribution in [-0.4, -0.2) is 31.3 Å². The Balaban J connectivity index is 2.60. The number of nitrogens with one attached hydrogen (secondary N) is 1. The summed E-state index contributed by atoms with van der Waals surface area (Å²) in [6, 6.07) is 4.80. The van der Waals surface area contributed by atoms with Crippen molar-refractivity contribution in [2.45, 2.75) is 17.1 Å². The molecule has 0 bridgehead atoms. The lowest BCUT2D eigenvalue weighted by molar-refractivity contribution is -0.136. The highest BCUT2D eigenvalue weighted by Gasteiger charge is 2.38. The first-order chi connectivity index (χ1) is 7.43. The zero-order valence-electron chi connectivity index (χ0n) is 8.60. The average molecular weight is 241 g/mol. The molecule has 1 atom stereocenters. The molecule has 0 radical (unpaired) electrons. The fraction of sp³-hybridized carbons (Fsp3) is 0.300. The number of hydrogen-bond donors (Lipinski definition) is 2. The highest BCUT2D eigenvalue weighted by Crippen LogP contribution is 2.30. The lowest BCUT2D eigenvalue weighted by Crippen LogP contribution is -2.40. The summed E-state index contributed by atoms with van der Waals surface area (Å²) >= 11 is 0. The molecule has 6 heteroatoms. The third kappa shape index (κ3) is 1.55. The van der Waals surface area contributed by atoms with Crippen molar-refractivity contribution in [1.82, 2.24) is 0 Å². The molecule has 86 valence electrons. The van der Waals surface area contributed by atoms with Crippen LogP contribution in [0.25, 0.3) is 0 Å². The van der Waals surface area contributed by atoms with Gasteiger partial charge in [0.15, 0.2) is 15.1 Å². The number of fused-ring (bicyclic) bond motifs is 1. The van der Waals surface area contributed by atoms with E-state index in [0.29, 0.717) is 5.69 Å². The molecular formula is C10H11NO4S. The smallest absolute Gasteiger partial charge is 0.324 e. The quantitative estimate of drug-likeness (QED) is 0.754. The molecule has 0 spiro atoms. The van der Waals surface area contributed by atoms with Crippen LogP contribution >= 0.6 is 0 Å². The van der Waals surface area contributed by atoms with E-state index < -0.39 is 21.1 Å². The molecule has 1 unspecified atom stereocenters. The molecule has 1 heterocycles. The number of anilines is 1. The lowest BCUT2D eigenvalue weighted by Gasteiger charge is -2.23. The molecule has 0 amide bonds. The number of carbonyl (C=O) groups is 1. The van der Waals surface area contributed by atoms with Gasteiger partial charge >= 0.3 is 5.97 Å². The third-order valence-electron chi connectivity index (χ3n) is 2.57. The molecule has 0 aliphatic carbocycles. The predicted octanol–water partition coefficient (Wildman–Crippen LogP) is 0.647. The number of aryl methyl sites for hydroxylation is 1. The molecule has 1 aliphatic rings. The molecule has 0 fully saturated rings. The summed E-state index contributed by atoms with van der Waals surface area (Å²) in [5.74, 6) is -1.32. The molecular weight excluding hydrogens is 230 g/mol. The number of benzene rings is 1. The van der Waals surface area contributed by atoms with Crippen LogP contribution in [-0.2, 0) is 14.6 Å². The Morgan fingerprint density at radius 3 is 2.81 bits per heavy atom. The Morgan fingerprint density at radius 1 is 1.50 bits per heavy atom. The van der Waals surface area contributed by atoms with E-state index in [2.05, 4.69) is 5.32 Å². The summed E-state index contributed by atoms with van der Waals surface area (Å²) in [6.45, 7) is 1.76. The van der Waals surface area contributed by atoms with Crippen molar-refractivity contribution >= 4 is 21.5 Å². The van der Waals surface area contributed by atoms with Gasteiger partial charge in [0.05, 0.1) is 10.6 Å². The molecule has 0 saturated heterocycles. The monoisotopic (exact) mass is 241 g/mol. The van der Waals surface area contributed by atoms with Gasteiger partial charge in [-0.2, -0.15) is 0 Å². The lowest BCUT2D eigenvalue weighted by atomic mass is 10.2. The fourth-order valence-corrected chi connectivity index (χ4v) is 3.29. The number of aliphatic carboxylic acids is 1. The number of carboxylic acids is 1. The maximum absolute atomic E-state index is 11.9. The largest absolute Gasteiger partial charge is 0.480 e. The first kappa shape index (κ1) is 10.9. The fourth-order valence-electron chi connectivity index (χ4n) is 1.72. The van der Waals surface area contributed by atoms with E-state index in [0.717, 1.165) is 5.56 Å². The van der Waals surface area contributed by atoms with Gasteiger partial charge in [-0.05, 0) is 24.6 Å². The molecule has 2 N–H and O–H groups in total. The van der Waals surface area contributed by atoms with E-state index in [1.165, 1.54) is 6.07 Å². The van der Waals surface area contributed by atoms with Gasteiger partial charge in [-0.15, -0.1) is 0 Å². The third-order valence-corrected chi connectivity index (χ3v) is 4.66. The summed E-state index contributed by atoms with van der Waals surface area (Å²) in [6.07, 6.45) is 0. The zero-order chi connectivity index (χ0) is 11.9. The van der Waals surface area contributed by atoms with Crippen LogP contribution in [0.2, 0.25) is 0 Å². The zero-order valence-corrected chi connectivity index (χ0v) is 9.41. The summed E-state index contributed by atoms with van der Waals surface area (Å²) in [5, 5.41) is 10.3. The van der Waals surface area contributed by atoms with Crippen molar-refractivity contribution in [3.63, 3.8) is 0 Å². The average Bonchev–Trinajstić information content (AvgIpc) is 2.15. The maximum atomic E-state index is 11.9. The molecule has 1 aromatic rings. The van der Waals surface area contributed by atoms with Crippen molar-refractivity contribution in [3.8, 4) is 0 Å². The molecule has 1 aromatic carbocycles. The minimum Gasteiger partial charge on any atom is -0.480 e. The number of hydrogen-bond acceptors (Lipinski definition) is 4. The normalized spacial score (nSPS) is 21.9. The van der Waals surface area contributed by atoms with E-state index in [1.54, 1.807) is 12.1 Å². The second-order valence-electron chi connectivity index (χ2n) is 3.75. The molecule has 2 rings (SSSR count). The van der Waals surface area contributed by atoms with Crippen LogP contribution in [0.4, 0.5) is 5.69 Å². The van der Waals surface area contributed by atoms with E-state index >= 15 is 0 Å². The van der Waals surface area contributed by atoms with Crippen LogP contribution in [0, 0.1) is 6.92 Å².